The number of benzene rings is 1. The monoisotopic (exact) mass is 265 g/mol. The molecule has 0 aliphatic carbocycles. The van der Waals surface area contributed by atoms with Crippen molar-refractivity contribution in [3.8, 4) is 0 Å². The van der Waals surface area contributed by atoms with Gasteiger partial charge < -0.3 is 11.1 Å². The highest BCUT2D eigenvalue weighted by molar-refractivity contribution is 7.80. The molecule has 0 aliphatic rings. The number of hydrogen-bond donors (Lipinski definition) is 2. The Morgan fingerprint density at radius 1 is 1.39 bits per heavy atom. The molecule has 0 heterocycles. The van der Waals surface area contributed by atoms with Gasteiger partial charge in [-0.2, -0.15) is 0 Å². The highest BCUT2D eigenvalue weighted by Gasteiger charge is 2.09. The highest BCUT2D eigenvalue weighted by atomic mass is 32.1. The summed E-state index contributed by atoms with van der Waals surface area (Å²) < 4.78 is 0. The number of anilines is 1. The van der Waals surface area contributed by atoms with Crippen LogP contribution in [0.15, 0.2) is 24.3 Å². The summed E-state index contributed by atoms with van der Waals surface area (Å²) in [6.07, 6.45) is 0. The molecule has 0 saturated heterocycles. The minimum atomic E-state index is -0.0331. The summed E-state index contributed by atoms with van der Waals surface area (Å²) in [5.41, 5.74) is 7.04. The van der Waals surface area contributed by atoms with Gasteiger partial charge in [0.15, 0.2) is 0 Å². The van der Waals surface area contributed by atoms with Crippen LogP contribution in [0.3, 0.4) is 0 Å². The Balaban J connectivity index is 2.57. The Morgan fingerprint density at radius 3 is 2.39 bits per heavy atom. The highest BCUT2D eigenvalue weighted by Crippen LogP contribution is 2.09. The number of thiocarbonyl (C=S) groups is 1. The molecule has 5 heteroatoms. The molecule has 0 aliphatic heterocycles. The molecule has 4 nitrogen and oxygen atoms in total. The maximum absolute atomic E-state index is 11.7. The smallest absolute Gasteiger partial charge is 0.238 e. The number of hydrogen-bond acceptors (Lipinski definition) is 3. The van der Waals surface area contributed by atoms with E-state index < -0.39 is 0 Å². The van der Waals surface area contributed by atoms with Crippen LogP contribution in [0.1, 0.15) is 19.4 Å². The molecule has 3 N–H and O–H groups in total. The molecule has 18 heavy (non-hydrogen) atoms. The zero-order valence-electron chi connectivity index (χ0n) is 10.9. The summed E-state index contributed by atoms with van der Waals surface area (Å²) in [7, 11) is 1.92. The average molecular weight is 265 g/mol. The van der Waals surface area contributed by atoms with Gasteiger partial charge in [-0.25, -0.2) is 0 Å². The lowest BCUT2D eigenvalue weighted by Gasteiger charge is -2.20. The van der Waals surface area contributed by atoms with E-state index in [0.717, 1.165) is 11.3 Å². The second-order valence-electron chi connectivity index (χ2n) is 4.50. The predicted octanol–water partition coefficient (Wildman–Crippen LogP) is 1.60. The third-order valence-electron chi connectivity index (χ3n) is 2.73. The number of nitrogens with zero attached hydrogens (tertiary/aromatic N) is 1. The van der Waals surface area contributed by atoms with Gasteiger partial charge >= 0.3 is 0 Å². The van der Waals surface area contributed by atoms with Crippen LogP contribution in [-0.2, 0) is 4.79 Å². The number of rotatable bonds is 5. The third kappa shape index (κ3) is 4.43. The Hall–Kier alpha value is -1.46. The van der Waals surface area contributed by atoms with Crippen molar-refractivity contribution >= 4 is 28.8 Å². The molecule has 0 spiro atoms. The van der Waals surface area contributed by atoms with E-state index in [9.17, 15) is 4.79 Å². The zero-order valence-corrected chi connectivity index (χ0v) is 11.8. The van der Waals surface area contributed by atoms with Gasteiger partial charge in [0.2, 0.25) is 5.91 Å². The van der Waals surface area contributed by atoms with Gasteiger partial charge in [-0.05, 0) is 45.2 Å². The molecule has 1 aromatic carbocycles. The summed E-state index contributed by atoms with van der Waals surface area (Å²) in [6, 6.07) is 7.52. The number of carbonyl (C=O) groups excluding carboxylic acids is 1. The fourth-order valence-electron chi connectivity index (χ4n) is 1.33. The minimum absolute atomic E-state index is 0.0331. The van der Waals surface area contributed by atoms with E-state index in [1.54, 1.807) is 24.3 Å². The molecule has 0 aromatic heterocycles. The summed E-state index contributed by atoms with van der Waals surface area (Å²) in [4.78, 5) is 14.1. The molecule has 1 rings (SSSR count). The van der Waals surface area contributed by atoms with Crippen LogP contribution in [0.4, 0.5) is 5.69 Å². The second kappa shape index (κ2) is 6.47. The Labute approximate surface area is 113 Å². The van der Waals surface area contributed by atoms with Crippen molar-refractivity contribution in [3.05, 3.63) is 29.8 Å². The van der Waals surface area contributed by atoms with Crippen LogP contribution >= 0.6 is 12.2 Å². The first kappa shape index (κ1) is 14.6. The van der Waals surface area contributed by atoms with Crippen LogP contribution in [0, 0.1) is 0 Å². The van der Waals surface area contributed by atoms with Crippen LogP contribution in [0.2, 0.25) is 0 Å². The van der Waals surface area contributed by atoms with E-state index in [2.05, 4.69) is 5.32 Å². The summed E-state index contributed by atoms with van der Waals surface area (Å²) in [6.45, 7) is 4.46. The molecule has 98 valence electrons. The van der Waals surface area contributed by atoms with Gasteiger partial charge in [0.1, 0.15) is 4.99 Å². The summed E-state index contributed by atoms with van der Waals surface area (Å²) >= 11 is 4.86. The van der Waals surface area contributed by atoms with Crippen molar-refractivity contribution < 1.29 is 4.79 Å². The zero-order chi connectivity index (χ0) is 13.7. The Kier molecular flexibility index (Phi) is 5.25. The standard InChI is InChI=1S/C13H19N3OS/c1-9(2)16(3)8-12(17)15-11-6-4-10(5-7-11)13(14)18/h4-7,9H,8H2,1-3H3,(H2,14,18)(H,15,17). The van der Waals surface area contributed by atoms with Gasteiger partial charge in [0, 0.05) is 17.3 Å². The van der Waals surface area contributed by atoms with Crippen LogP contribution in [0.25, 0.3) is 0 Å². The molecule has 0 saturated carbocycles. The first-order chi connectivity index (χ1) is 8.40. The third-order valence-corrected chi connectivity index (χ3v) is 2.96. The van der Waals surface area contributed by atoms with E-state index in [4.69, 9.17) is 18.0 Å². The first-order valence-corrected chi connectivity index (χ1v) is 6.21. The van der Waals surface area contributed by atoms with E-state index in [1.165, 1.54) is 0 Å². The first-order valence-electron chi connectivity index (χ1n) is 5.80. The topological polar surface area (TPSA) is 58.4 Å². The van der Waals surface area contributed by atoms with Crippen molar-refractivity contribution in [3.63, 3.8) is 0 Å². The van der Waals surface area contributed by atoms with Crippen LogP contribution < -0.4 is 11.1 Å². The average Bonchev–Trinajstić information content (AvgIpc) is 2.29. The maximum atomic E-state index is 11.7. The van der Waals surface area contributed by atoms with Gasteiger partial charge in [0.05, 0.1) is 6.54 Å². The summed E-state index contributed by atoms with van der Waals surface area (Å²) in [5, 5.41) is 2.83. The van der Waals surface area contributed by atoms with Crippen molar-refractivity contribution in [2.75, 3.05) is 18.9 Å². The molecule has 0 fully saturated rings. The van der Waals surface area contributed by atoms with E-state index >= 15 is 0 Å². The summed E-state index contributed by atoms with van der Waals surface area (Å²) in [5.74, 6) is -0.0331. The molecule has 0 bridgehead atoms. The Morgan fingerprint density at radius 2 is 1.94 bits per heavy atom. The molecule has 1 aromatic rings. The van der Waals surface area contributed by atoms with Crippen molar-refractivity contribution in [1.82, 2.24) is 4.90 Å². The molecular formula is C13H19N3OS. The van der Waals surface area contributed by atoms with Gasteiger partial charge in [-0.3, -0.25) is 9.69 Å². The fraction of sp³-hybridized carbons (Fsp3) is 0.385. The predicted molar refractivity (Wildman–Crippen MR) is 78.7 cm³/mol. The number of carbonyl (C=O) groups is 1. The quantitative estimate of drug-likeness (QED) is 0.794. The van der Waals surface area contributed by atoms with Crippen molar-refractivity contribution in [2.24, 2.45) is 5.73 Å². The van der Waals surface area contributed by atoms with Gasteiger partial charge in [0.25, 0.3) is 0 Å². The van der Waals surface area contributed by atoms with Gasteiger partial charge in [-0.15, -0.1) is 0 Å². The van der Waals surface area contributed by atoms with Crippen LogP contribution in [0.5, 0.6) is 0 Å². The number of nitrogens with two attached hydrogens (primary N) is 1. The lowest BCUT2D eigenvalue weighted by Crippen LogP contribution is -2.34. The minimum Gasteiger partial charge on any atom is -0.389 e. The molecular weight excluding hydrogens is 246 g/mol. The lowest BCUT2D eigenvalue weighted by atomic mass is 10.2. The van der Waals surface area contributed by atoms with Crippen molar-refractivity contribution in [2.45, 2.75) is 19.9 Å². The molecule has 0 unspecified atom stereocenters. The second-order valence-corrected chi connectivity index (χ2v) is 4.94. The number of amides is 1. The normalized spacial score (nSPS) is 10.7. The van der Waals surface area contributed by atoms with E-state index in [1.807, 2.05) is 25.8 Å². The van der Waals surface area contributed by atoms with Crippen molar-refractivity contribution in [1.29, 1.82) is 0 Å². The maximum Gasteiger partial charge on any atom is 0.238 e. The molecule has 1 amide bonds. The van der Waals surface area contributed by atoms with Gasteiger partial charge in [-0.1, -0.05) is 12.2 Å². The Bertz CT molecular complexity index is 428. The largest absolute Gasteiger partial charge is 0.389 e. The molecule has 0 radical (unpaired) electrons. The number of likely N-dealkylation sites (N-methyl/N-ethyl adjacent to an activating group) is 1. The van der Waals surface area contributed by atoms with Crippen LogP contribution in [-0.4, -0.2) is 35.4 Å². The molecule has 0 atom stereocenters. The lowest BCUT2D eigenvalue weighted by molar-refractivity contribution is -0.117. The van der Waals surface area contributed by atoms with E-state index in [0.29, 0.717) is 17.6 Å². The fourth-order valence-corrected chi connectivity index (χ4v) is 1.46. The number of nitrogens with one attached hydrogen (secondary N) is 1. The SMILES string of the molecule is CC(C)N(C)CC(=O)Nc1ccc(C(N)=S)cc1. The van der Waals surface area contributed by atoms with E-state index in [-0.39, 0.29) is 5.91 Å².